The van der Waals surface area contributed by atoms with E-state index in [2.05, 4.69) is 24.5 Å². The summed E-state index contributed by atoms with van der Waals surface area (Å²) in [6.07, 6.45) is 5.24. The van der Waals surface area contributed by atoms with Crippen LogP contribution in [-0.4, -0.2) is 25.5 Å². The number of hydrogen-bond acceptors (Lipinski definition) is 2. The summed E-state index contributed by atoms with van der Waals surface area (Å²) in [5.74, 6) is 1.69. The van der Waals surface area contributed by atoms with Crippen LogP contribution in [0.3, 0.4) is 0 Å². The topological polar surface area (TPSA) is 41.1 Å². The van der Waals surface area contributed by atoms with Gasteiger partial charge in [-0.2, -0.15) is 0 Å². The van der Waals surface area contributed by atoms with Gasteiger partial charge in [-0.3, -0.25) is 4.79 Å². The molecule has 2 N–H and O–H groups in total. The summed E-state index contributed by atoms with van der Waals surface area (Å²) in [4.78, 5) is 11.7. The molecule has 1 fully saturated rings. The Bertz CT molecular complexity index is 223. The third-order valence-corrected chi connectivity index (χ3v) is 3.61. The van der Waals surface area contributed by atoms with E-state index in [0.29, 0.717) is 18.4 Å². The van der Waals surface area contributed by atoms with Crippen LogP contribution in [-0.2, 0) is 4.79 Å². The van der Waals surface area contributed by atoms with E-state index in [1.54, 1.807) is 0 Å². The average Bonchev–Trinajstić information content (AvgIpc) is 2.23. The van der Waals surface area contributed by atoms with Gasteiger partial charge in [0.25, 0.3) is 0 Å². The fourth-order valence-corrected chi connectivity index (χ4v) is 2.58. The van der Waals surface area contributed by atoms with Crippen LogP contribution >= 0.6 is 12.4 Å². The van der Waals surface area contributed by atoms with E-state index in [9.17, 15) is 4.79 Å². The Morgan fingerprint density at radius 3 is 2.59 bits per heavy atom. The van der Waals surface area contributed by atoms with E-state index in [1.165, 1.54) is 12.8 Å². The van der Waals surface area contributed by atoms with Crippen LogP contribution in [0.15, 0.2) is 0 Å². The van der Waals surface area contributed by atoms with E-state index in [4.69, 9.17) is 0 Å². The molecule has 0 radical (unpaired) electrons. The Kier molecular flexibility index (Phi) is 8.61. The van der Waals surface area contributed by atoms with Crippen molar-refractivity contribution in [3.8, 4) is 0 Å². The standard InChI is InChI=1S/C13H26N2O.ClH/c1-10-6-7-12(11(2)9-10)15-13(16)5-4-8-14-3;/h10-12,14H,4-9H2,1-3H3,(H,15,16);1H. The highest BCUT2D eigenvalue weighted by Gasteiger charge is 2.26. The molecule has 3 unspecified atom stereocenters. The summed E-state index contributed by atoms with van der Waals surface area (Å²) in [7, 11) is 1.92. The molecular formula is C13H27ClN2O. The van der Waals surface area contributed by atoms with Crippen molar-refractivity contribution in [1.29, 1.82) is 0 Å². The molecule has 0 heterocycles. The Labute approximate surface area is 112 Å². The molecule has 0 bridgehead atoms. The van der Waals surface area contributed by atoms with Crippen molar-refractivity contribution in [3.63, 3.8) is 0 Å². The van der Waals surface area contributed by atoms with Gasteiger partial charge in [0, 0.05) is 12.5 Å². The molecule has 102 valence electrons. The van der Waals surface area contributed by atoms with Crippen molar-refractivity contribution in [2.45, 2.75) is 52.0 Å². The predicted molar refractivity (Wildman–Crippen MR) is 74.5 cm³/mol. The Morgan fingerprint density at radius 1 is 1.29 bits per heavy atom. The van der Waals surface area contributed by atoms with Gasteiger partial charge in [-0.15, -0.1) is 12.4 Å². The van der Waals surface area contributed by atoms with Crippen molar-refractivity contribution in [3.05, 3.63) is 0 Å². The minimum absolute atomic E-state index is 0. The first-order chi connectivity index (χ1) is 7.63. The maximum atomic E-state index is 11.7. The Hall–Kier alpha value is -0.280. The summed E-state index contributed by atoms with van der Waals surface area (Å²) in [6.45, 7) is 5.49. The van der Waals surface area contributed by atoms with Gasteiger partial charge in [0.1, 0.15) is 0 Å². The average molecular weight is 263 g/mol. The van der Waals surface area contributed by atoms with Crippen LogP contribution in [0.5, 0.6) is 0 Å². The number of nitrogens with one attached hydrogen (secondary N) is 2. The smallest absolute Gasteiger partial charge is 0.220 e. The van der Waals surface area contributed by atoms with Gasteiger partial charge < -0.3 is 10.6 Å². The lowest BCUT2D eigenvalue weighted by molar-refractivity contribution is -0.122. The van der Waals surface area contributed by atoms with E-state index in [0.717, 1.165) is 25.3 Å². The molecular weight excluding hydrogens is 236 g/mol. The number of amides is 1. The largest absolute Gasteiger partial charge is 0.353 e. The quantitative estimate of drug-likeness (QED) is 0.747. The van der Waals surface area contributed by atoms with Crippen molar-refractivity contribution >= 4 is 18.3 Å². The molecule has 1 aliphatic carbocycles. The zero-order valence-electron chi connectivity index (χ0n) is 11.3. The molecule has 1 aliphatic rings. The molecule has 3 nitrogen and oxygen atoms in total. The summed E-state index contributed by atoms with van der Waals surface area (Å²) in [5, 5.41) is 6.24. The molecule has 3 atom stereocenters. The van der Waals surface area contributed by atoms with Crippen molar-refractivity contribution in [2.24, 2.45) is 11.8 Å². The van der Waals surface area contributed by atoms with E-state index >= 15 is 0 Å². The van der Waals surface area contributed by atoms with E-state index in [1.807, 2.05) is 7.05 Å². The zero-order chi connectivity index (χ0) is 12.0. The zero-order valence-corrected chi connectivity index (χ0v) is 12.1. The van der Waals surface area contributed by atoms with Gasteiger partial charge >= 0.3 is 0 Å². The molecule has 17 heavy (non-hydrogen) atoms. The first-order valence-electron chi connectivity index (χ1n) is 6.57. The second kappa shape index (κ2) is 8.76. The molecule has 0 aromatic rings. The number of carbonyl (C=O) groups is 1. The number of hydrogen-bond donors (Lipinski definition) is 2. The molecule has 1 amide bonds. The molecule has 1 saturated carbocycles. The highest BCUT2D eigenvalue weighted by Crippen LogP contribution is 2.28. The normalized spacial score (nSPS) is 28.3. The van der Waals surface area contributed by atoms with Gasteiger partial charge in [0.2, 0.25) is 5.91 Å². The van der Waals surface area contributed by atoms with Crippen LogP contribution in [0.4, 0.5) is 0 Å². The van der Waals surface area contributed by atoms with E-state index in [-0.39, 0.29) is 18.3 Å². The van der Waals surface area contributed by atoms with Crippen LogP contribution in [0.25, 0.3) is 0 Å². The summed E-state index contributed by atoms with van der Waals surface area (Å²) < 4.78 is 0. The minimum atomic E-state index is 0. The van der Waals surface area contributed by atoms with Crippen LogP contribution in [0.2, 0.25) is 0 Å². The van der Waals surface area contributed by atoms with Crippen molar-refractivity contribution in [2.75, 3.05) is 13.6 Å². The second-order valence-corrected chi connectivity index (χ2v) is 5.28. The maximum absolute atomic E-state index is 11.7. The number of carbonyl (C=O) groups excluding carboxylic acids is 1. The molecule has 0 spiro atoms. The maximum Gasteiger partial charge on any atom is 0.220 e. The Balaban J connectivity index is 0.00000256. The lowest BCUT2D eigenvalue weighted by atomic mass is 9.80. The van der Waals surface area contributed by atoms with Crippen LogP contribution in [0.1, 0.15) is 46.0 Å². The van der Waals surface area contributed by atoms with Crippen LogP contribution < -0.4 is 10.6 Å². The van der Waals surface area contributed by atoms with Gasteiger partial charge in [0.15, 0.2) is 0 Å². The molecule has 4 heteroatoms. The Morgan fingerprint density at radius 2 is 2.00 bits per heavy atom. The molecule has 0 aromatic heterocycles. The second-order valence-electron chi connectivity index (χ2n) is 5.28. The van der Waals surface area contributed by atoms with Gasteiger partial charge in [-0.25, -0.2) is 0 Å². The molecule has 0 aliphatic heterocycles. The third-order valence-electron chi connectivity index (χ3n) is 3.61. The lowest BCUT2D eigenvalue weighted by Crippen LogP contribution is -2.42. The van der Waals surface area contributed by atoms with Gasteiger partial charge in [-0.05, 0) is 51.1 Å². The first-order valence-corrected chi connectivity index (χ1v) is 6.57. The molecule has 0 aromatic carbocycles. The fourth-order valence-electron chi connectivity index (χ4n) is 2.58. The lowest BCUT2D eigenvalue weighted by Gasteiger charge is -2.33. The summed E-state index contributed by atoms with van der Waals surface area (Å²) in [6, 6.07) is 0.415. The summed E-state index contributed by atoms with van der Waals surface area (Å²) >= 11 is 0. The van der Waals surface area contributed by atoms with Crippen LogP contribution in [0, 0.1) is 11.8 Å². The van der Waals surface area contributed by atoms with Gasteiger partial charge in [-0.1, -0.05) is 13.8 Å². The minimum Gasteiger partial charge on any atom is -0.353 e. The molecule has 1 rings (SSSR count). The first kappa shape index (κ1) is 16.7. The predicted octanol–water partition coefficient (Wildman–Crippen LogP) is 2.35. The number of rotatable bonds is 5. The summed E-state index contributed by atoms with van der Waals surface area (Å²) in [5.41, 5.74) is 0. The van der Waals surface area contributed by atoms with Crippen molar-refractivity contribution in [1.82, 2.24) is 10.6 Å². The SMILES string of the molecule is CNCCCC(=O)NC1CCC(C)CC1C.Cl. The van der Waals surface area contributed by atoms with Gasteiger partial charge in [0.05, 0.1) is 0 Å². The van der Waals surface area contributed by atoms with E-state index < -0.39 is 0 Å². The monoisotopic (exact) mass is 262 g/mol. The fraction of sp³-hybridized carbons (Fsp3) is 0.923. The van der Waals surface area contributed by atoms with Crippen molar-refractivity contribution < 1.29 is 4.79 Å². The third kappa shape index (κ3) is 6.27. The molecule has 0 saturated heterocycles. The number of halogens is 1. The highest BCUT2D eigenvalue weighted by molar-refractivity contribution is 5.85. The highest BCUT2D eigenvalue weighted by atomic mass is 35.5.